The van der Waals surface area contributed by atoms with Crippen LogP contribution in [0.1, 0.15) is 11.1 Å². The van der Waals surface area contributed by atoms with Gasteiger partial charge >= 0.3 is 0 Å². The lowest BCUT2D eigenvalue weighted by Gasteiger charge is -2.22. The number of hydrogen-bond acceptors (Lipinski definition) is 2. The fraction of sp³-hybridized carbons (Fsp3) is 0.200. The summed E-state index contributed by atoms with van der Waals surface area (Å²) in [4.78, 5) is 1.87. The van der Waals surface area contributed by atoms with Crippen LogP contribution >= 0.6 is 0 Å². The van der Waals surface area contributed by atoms with Crippen molar-refractivity contribution in [3.05, 3.63) is 59.7 Å². The molecule has 0 aromatic heterocycles. The Morgan fingerprint density at radius 2 is 1.12 bits per heavy atom. The molecule has 2 aromatic carbocycles. The number of benzene rings is 2. The molecule has 0 atom stereocenters. The van der Waals surface area contributed by atoms with Crippen molar-refractivity contribution in [3.63, 3.8) is 0 Å². The Labute approximate surface area is 102 Å². The maximum atomic E-state index is 9.50. The van der Waals surface area contributed by atoms with E-state index >= 15 is 0 Å². The van der Waals surface area contributed by atoms with Gasteiger partial charge in [0.25, 0.3) is 0 Å². The molecule has 0 saturated carbocycles. The van der Waals surface area contributed by atoms with Crippen LogP contribution in [0, 0.1) is 13.8 Å². The van der Waals surface area contributed by atoms with E-state index in [2.05, 4.69) is 13.8 Å². The quantitative estimate of drug-likeness (QED) is 0.812. The topological polar surface area (TPSA) is 23.5 Å². The fourth-order valence-electron chi connectivity index (χ4n) is 1.76. The summed E-state index contributed by atoms with van der Waals surface area (Å²) < 4.78 is 0. The van der Waals surface area contributed by atoms with Gasteiger partial charge in [-0.15, -0.1) is 0 Å². The Morgan fingerprint density at radius 1 is 0.765 bits per heavy atom. The van der Waals surface area contributed by atoms with E-state index in [0.29, 0.717) is 0 Å². The largest absolute Gasteiger partial charge is 0.376 e. The van der Waals surface area contributed by atoms with Crippen molar-refractivity contribution in [1.82, 2.24) is 0 Å². The van der Waals surface area contributed by atoms with Crippen molar-refractivity contribution in [1.29, 1.82) is 0 Å². The molecule has 0 heterocycles. The average molecular weight is 227 g/mol. The van der Waals surface area contributed by atoms with Crippen LogP contribution < -0.4 is 4.90 Å². The first-order valence-corrected chi connectivity index (χ1v) is 5.72. The summed E-state index contributed by atoms with van der Waals surface area (Å²) in [5.74, 6) is 0. The lowest BCUT2D eigenvalue weighted by Crippen LogP contribution is -2.17. The van der Waals surface area contributed by atoms with Gasteiger partial charge in [0, 0.05) is 11.4 Å². The maximum Gasteiger partial charge on any atom is 0.120 e. The molecule has 0 radical (unpaired) electrons. The first-order valence-electron chi connectivity index (χ1n) is 5.72. The van der Waals surface area contributed by atoms with Crippen LogP contribution in [-0.2, 0) is 0 Å². The number of aliphatic hydroxyl groups excluding tert-OH is 1. The predicted molar refractivity (Wildman–Crippen MR) is 71.6 cm³/mol. The maximum absolute atomic E-state index is 9.50. The summed E-state index contributed by atoms with van der Waals surface area (Å²) in [7, 11) is 0. The molecule has 0 amide bonds. The van der Waals surface area contributed by atoms with Crippen LogP contribution in [0.25, 0.3) is 0 Å². The molecule has 0 aliphatic rings. The van der Waals surface area contributed by atoms with Gasteiger partial charge in [-0.3, -0.25) is 0 Å². The normalized spacial score (nSPS) is 10.3. The molecule has 0 spiro atoms. The first kappa shape index (κ1) is 11.7. The third-order valence-electron chi connectivity index (χ3n) is 2.83. The van der Waals surface area contributed by atoms with Crippen LogP contribution in [0.2, 0.25) is 0 Å². The highest BCUT2D eigenvalue weighted by Gasteiger charge is 2.06. The van der Waals surface area contributed by atoms with Crippen LogP contribution in [0.15, 0.2) is 48.5 Å². The van der Waals surface area contributed by atoms with Gasteiger partial charge in [0.2, 0.25) is 0 Å². The second-order valence-electron chi connectivity index (χ2n) is 4.24. The van der Waals surface area contributed by atoms with E-state index < -0.39 is 0 Å². The molecule has 0 bridgehead atoms. The van der Waals surface area contributed by atoms with E-state index in [-0.39, 0.29) is 6.73 Å². The summed E-state index contributed by atoms with van der Waals surface area (Å²) >= 11 is 0. The summed E-state index contributed by atoms with van der Waals surface area (Å²) in [5.41, 5.74) is 4.44. The van der Waals surface area contributed by atoms with E-state index in [1.54, 1.807) is 0 Å². The highest BCUT2D eigenvalue weighted by atomic mass is 16.3. The first-order chi connectivity index (χ1) is 8.20. The number of hydrogen-bond donors (Lipinski definition) is 1. The third-order valence-corrected chi connectivity index (χ3v) is 2.83. The minimum absolute atomic E-state index is 0.0217. The molecule has 0 saturated heterocycles. The number of aliphatic hydroxyl groups is 1. The molecule has 0 aliphatic heterocycles. The van der Waals surface area contributed by atoms with Crippen LogP contribution in [0.4, 0.5) is 11.4 Å². The highest BCUT2D eigenvalue weighted by molar-refractivity contribution is 5.63. The van der Waals surface area contributed by atoms with E-state index in [1.165, 1.54) is 11.1 Å². The van der Waals surface area contributed by atoms with Crippen LogP contribution in [0.5, 0.6) is 0 Å². The standard InChI is InChI=1S/C15H17NO/c1-12-3-7-14(8-4-12)16(11-17)15-9-5-13(2)6-10-15/h3-10,17H,11H2,1-2H3. The summed E-state index contributed by atoms with van der Waals surface area (Å²) in [5, 5.41) is 9.50. The number of anilines is 2. The van der Waals surface area contributed by atoms with Crippen molar-refractivity contribution < 1.29 is 5.11 Å². The van der Waals surface area contributed by atoms with Crippen molar-refractivity contribution in [2.75, 3.05) is 11.6 Å². The molecule has 17 heavy (non-hydrogen) atoms. The third kappa shape index (κ3) is 2.66. The van der Waals surface area contributed by atoms with Crippen LogP contribution in [0.3, 0.4) is 0 Å². The zero-order valence-corrected chi connectivity index (χ0v) is 10.2. The SMILES string of the molecule is Cc1ccc(N(CO)c2ccc(C)cc2)cc1. The smallest absolute Gasteiger partial charge is 0.120 e. The minimum Gasteiger partial charge on any atom is -0.376 e. The van der Waals surface area contributed by atoms with Gasteiger partial charge in [-0.2, -0.15) is 0 Å². The monoisotopic (exact) mass is 227 g/mol. The van der Waals surface area contributed by atoms with E-state index in [4.69, 9.17) is 0 Å². The van der Waals surface area contributed by atoms with Gasteiger partial charge in [-0.1, -0.05) is 35.4 Å². The summed E-state index contributed by atoms with van der Waals surface area (Å²) in [6.45, 7) is 4.09. The Balaban J connectivity index is 2.33. The molecule has 2 nitrogen and oxygen atoms in total. The molecule has 2 aromatic rings. The lowest BCUT2D eigenvalue weighted by atomic mass is 10.2. The second-order valence-corrected chi connectivity index (χ2v) is 4.24. The Morgan fingerprint density at radius 3 is 1.41 bits per heavy atom. The summed E-state index contributed by atoms with van der Waals surface area (Å²) in [6, 6.07) is 16.3. The molecular formula is C15H17NO. The minimum atomic E-state index is -0.0217. The molecule has 1 N–H and O–H groups in total. The van der Waals surface area contributed by atoms with Crippen molar-refractivity contribution in [2.45, 2.75) is 13.8 Å². The molecule has 0 fully saturated rings. The number of rotatable bonds is 3. The Bertz CT molecular complexity index is 428. The Kier molecular flexibility index (Phi) is 3.45. The average Bonchev–Trinajstić information content (AvgIpc) is 2.35. The lowest BCUT2D eigenvalue weighted by molar-refractivity contribution is 0.304. The highest BCUT2D eigenvalue weighted by Crippen LogP contribution is 2.25. The van der Waals surface area contributed by atoms with Crippen molar-refractivity contribution in [3.8, 4) is 0 Å². The number of nitrogens with zero attached hydrogens (tertiary/aromatic N) is 1. The molecule has 0 aliphatic carbocycles. The van der Waals surface area contributed by atoms with Gasteiger partial charge in [0.15, 0.2) is 0 Å². The molecular weight excluding hydrogens is 210 g/mol. The van der Waals surface area contributed by atoms with Gasteiger partial charge in [-0.05, 0) is 38.1 Å². The Hall–Kier alpha value is -1.80. The van der Waals surface area contributed by atoms with Gasteiger partial charge < -0.3 is 10.0 Å². The summed E-state index contributed by atoms with van der Waals surface area (Å²) in [6.07, 6.45) is 0. The van der Waals surface area contributed by atoms with Gasteiger partial charge in [0.05, 0.1) is 0 Å². The van der Waals surface area contributed by atoms with Crippen molar-refractivity contribution in [2.24, 2.45) is 0 Å². The fourth-order valence-corrected chi connectivity index (χ4v) is 1.76. The molecule has 2 heteroatoms. The van der Waals surface area contributed by atoms with E-state index in [1.807, 2.05) is 53.4 Å². The van der Waals surface area contributed by atoms with Gasteiger partial charge in [0.1, 0.15) is 6.73 Å². The zero-order valence-electron chi connectivity index (χ0n) is 10.2. The van der Waals surface area contributed by atoms with E-state index in [9.17, 15) is 5.11 Å². The molecule has 2 rings (SSSR count). The molecule has 88 valence electrons. The van der Waals surface area contributed by atoms with E-state index in [0.717, 1.165) is 11.4 Å². The molecule has 0 unspecified atom stereocenters. The predicted octanol–water partition coefficient (Wildman–Crippen LogP) is 3.39. The van der Waals surface area contributed by atoms with Crippen molar-refractivity contribution >= 4 is 11.4 Å². The van der Waals surface area contributed by atoms with Gasteiger partial charge in [-0.25, -0.2) is 0 Å². The number of aryl methyl sites for hydroxylation is 2. The van der Waals surface area contributed by atoms with Crippen LogP contribution in [-0.4, -0.2) is 11.8 Å². The zero-order chi connectivity index (χ0) is 12.3. The second kappa shape index (κ2) is 5.02.